The van der Waals surface area contributed by atoms with Crippen LogP contribution in [0, 0.1) is 11.7 Å². The second kappa shape index (κ2) is 6.00. The summed E-state index contributed by atoms with van der Waals surface area (Å²) < 4.78 is 12.9. The number of rotatable bonds is 3. The second-order valence-corrected chi connectivity index (χ2v) is 5.66. The zero-order valence-corrected chi connectivity index (χ0v) is 11.7. The van der Waals surface area contributed by atoms with E-state index in [-0.39, 0.29) is 5.82 Å². The highest BCUT2D eigenvalue weighted by Crippen LogP contribution is 2.19. The van der Waals surface area contributed by atoms with Crippen LogP contribution in [0.25, 0.3) is 0 Å². The van der Waals surface area contributed by atoms with Gasteiger partial charge in [0.2, 0.25) is 0 Å². The van der Waals surface area contributed by atoms with Crippen LogP contribution >= 0.6 is 11.6 Å². The molecule has 2 atom stereocenters. The molecule has 1 saturated heterocycles. The van der Waals surface area contributed by atoms with Crippen molar-refractivity contribution in [2.45, 2.75) is 25.9 Å². The van der Waals surface area contributed by atoms with Crippen molar-refractivity contribution in [2.24, 2.45) is 5.92 Å². The van der Waals surface area contributed by atoms with E-state index >= 15 is 0 Å². The molecule has 1 aliphatic rings. The fraction of sp³-hybridized carbons (Fsp3) is 0.571. The van der Waals surface area contributed by atoms with E-state index < -0.39 is 0 Å². The van der Waals surface area contributed by atoms with Crippen LogP contribution in [0.4, 0.5) is 4.39 Å². The SMILES string of the molecule is CC1CN(C)CCC1NCc1ccc(F)cc1Cl. The zero-order valence-electron chi connectivity index (χ0n) is 10.9. The van der Waals surface area contributed by atoms with E-state index in [1.165, 1.54) is 12.1 Å². The highest BCUT2D eigenvalue weighted by Gasteiger charge is 2.23. The summed E-state index contributed by atoms with van der Waals surface area (Å²) in [6.07, 6.45) is 1.15. The van der Waals surface area contributed by atoms with E-state index in [1.54, 1.807) is 6.07 Å². The quantitative estimate of drug-likeness (QED) is 0.909. The van der Waals surface area contributed by atoms with Crippen molar-refractivity contribution < 1.29 is 4.39 Å². The fourth-order valence-corrected chi connectivity index (χ4v) is 2.80. The molecule has 1 N–H and O–H groups in total. The predicted molar refractivity (Wildman–Crippen MR) is 73.3 cm³/mol. The van der Waals surface area contributed by atoms with Gasteiger partial charge in [0, 0.05) is 24.2 Å². The molecule has 1 aromatic carbocycles. The topological polar surface area (TPSA) is 15.3 Å². The fourth-order valence-electron chi connectivity index (χ4n) is 2.56. The molecular weight excluding hydrogens is 251 g/mol. The van der Waals surface area contributed by atoms with Gasteiger partial charge in [-0.3, -0.25) is 0 Å². The summed E-state index contributed by atoms with van der Waals surface area (Å²) in [4.78, 5) is 2.35. The van der Waals surface area contributed by atoms with Crippen LogP contribution in [0.1, 0.15) is 18.9 Å². The van der Waals surface area contributed by atoms with E-state index in [0.29, 0.717) is 23.5 Å². The number of likely N-dealkylation sites (tertiary alicyclic amines) is 1. The lowest BCUT2D eigenvalue weighted by atomic mass is 9.94. The number of nitrogens with zero attached hydrogens (tertiary/aromatic N) is 1. The van der Waals surface area contributed by atoms with Crippen LogP contribution in [-0.4, -0.2) is 31.1 Å². The Morgan fingerprint density at radius 3 is 2.94 bits per heavy atom. The van der Waals surface area contributed by atoms with Crippen LogP contribution < -0.4 is 5.32 Å². The first-order chi connectivity index (χ1) is 8.56. The van der Waals surface area contributed by atoms with Crippen molar-refractivity contribution in [1.82, 2.24) is 10.2 Å². The third-order valence-electron chi connectivity index (χ3n) is 3.68. The Kier molecular flexibility index (Phi) is 4.60. The highest BCUT2D eigenvalue weighted by atomic mass is 35.5. The van der Waals surface area contributed by atoms with Crippen LogP contribution in [0.2, 0.25) is 5.02 Å². The summed E-state index contributed by atoms with van der Waals surface area (Å²) in [7, 11) is 2.16. The molecule has 1 aliphatic heterocycles. The first-order valence-corrected chi connectivity index (χ1v) is 6.80. The Morgan fingerprint density at radius 1 is 1.50 bits per heavy atom. The van der Waals surface area contributed by atoms with Crippen molar-refractivity contribution >= 4 is 11.6 Å². The lowest BCUT2D eigenvalue weighted by Gasteiger charge is -2.35. The van der Waals surface area contributed by atoms with E-state index in [0.717, 1.165) is 25.1 Å². The third-order valence-corrected chi connectivity index (χ3v) is 4.03. The van der Waals surface area contributed by atoms with Gasteiger partial charge in [-0.05, 0) is 43.6 Å². The molecule has 0 aromatic heterocycles. The minimum Gasteiger partial charge on any atom is -0.310 e. The molecule has 2 unspecified atom stereocenters. The lowest BCUT2D eigenvalue weighted by molar-refractivity contribution is 0.174. The van der Waals surface area contributed by atoms with Gasteiger partial charge in [-0.1, -0.05) is 24.6 Å². The van der Waals surface area contributed by atoms with Crippen molar-refractivity contribution in [3.63, 3.8) is 0 Å². The average molecular weight is 271 g/mol. The smallest absolute Gasteiger partial charge is 0.124 e. The Labute approximate surface area is 113 Å². The summed E-state index contributed by atoms with van der Waals surface area (Å²) in [5.41, 5.74) is 0.962. The van der Waals surface area contributed by atoms with Gasteiger partial charge in [-0.2, -0.15) is 0 Å². The van der Waals surface area contributed by atoms with E-state index in [4.69, 9.17) is 11.6 Å². The number of hydrogen-bond donors (Lipinski definition) is 1. The molecule has 2 nitrogen and oxygen atoms in total. The molecule has 1 fully saturated rings. The van der Waals surface area contributed by atoms with E-state index in [2.05, 4.69) is 24.2 Å². The van der Waals surface area contributed by atoms with E-state index in [9.17, 15) is 4.39 Å². The molecule has 2 rings (SSSR count). The van der Waals surface area contributed by atoms with Crippen molar-refractivity contribution in [1.29, 1.82) is 0 Å². The molecule has 1 aromatic rings. The molecule has 0 radical (unpaired) electrons. The maximum atomic E-state index is 12.9. The van der Waals surface area contributed by atoms with E-state index in [1.807, 2.05) is 0 Å². The predicted octanol–water partition coefficient (Wildman–Crippen LogP) is 2.91. The Morgan fingerprint density at radius 2 is 2.28 bits per heavy atom. The monoisotopic (exact) mass is 270 g/mol. The molecule has 0 amide bonds. The molecule has 0 bridgehead atoms. The lowest BCUT2D eigenvalue weighted by Crippen LogP contribution is -2.46. The summed E-state index contributed by atoms with van der Waals surface area (Å²) in [5.74, 6) is 0.347. The van der Waals surface area contributed by atoms with Crippen LogP contribution in [0.3, 0.4) is 0 Å². The minimum atomic E-state index is -0.281. The summed E-state index contributed by atoms with van der Waals surface area (Å²) in [6, 6.07) is 5.10. The number of benzene rings is 1. The number of nitrogens with one attached hydrogen (secondary N) is 1. The van der Waals surface area contributed by atoms with Crippen molar-refractivity contribution in [2.75, 3.05) is 20.1 Å². The van der Waals surface area contributed by atoms with Crippen LogP contribution in [0.15, 0.2) is 18.2 Å². The normalized spacial score (nSPS) is 25.3. The number of piperidine rings is 1. The molecule has 0 saturated carbocycles. The van der Waals surface area contributed by atoms with Gasteiger partial charge in [0.1, 0.15) is 5.82 Å². The Bertz CT molecular complexity index is 411. The average Bonchev–Trinajstić information content (AvgIpc) is 2.30. The maximum Gasteiger partial charge on any atom is 0.124 e. The molecule has 1 heterocycles. The second-order valence-electron chi connectivity index (χ2n) is 5.25. The molecule has 4 heteroatoms. The van der Waals surface area contributed by atoms with Gasteiger partial charge >= 0.3 is 0 Å². The Balaban J connectivity index is 1.91. The zero-order chi connectivity index (χ0) is 13.1. The molecule has 18 heavy (non-hydrogen) atoms. The van der Waals surface area contributed by atoms with Gasteiger partial charge in [0.15, 0.2) is 0 Å². The van der Waals surface area contributed by atoms with Gasteiger partial charge in [0.25, 0.3) is 0 Å². The largest absolute Gasteiger partial charge is 0.310 e. The summed E-state index contributed by atoms with van der Waals surface area (Å²) in [6.45, 7) is 5.21. The molecular formula is C14H20ClFN2. The van der Waals surface area contributed by atoms with Gasteiger partial charge in [0.05, 0.1) is 0 Å². The number of halogens is 2. The van der Waals surface area contributed by atoms with Gasteiger partial charge in [-0.25, -0.2) is 4.39 Å². The standard InChI is InChI=1S/C14H20ClFN2/c1-10-9-18(2)6-5-14(10)17-8-11-3-4-12(16)7-13(11)15/h3-4,7,10,14,17H,5-6,8-9H2,1-2H3. The number of hydrogen-bond acceptors (Lipinski definition) is 2. The molecule has 100 valence electrons. The van der Waals surface area contributed by atoms with Crippen LogP contribution in [-0.2, 0) is 6.54 Å². The third kappa shape index (κ3) is 3.44. The molecule has 0 aliphatic carbocycles. The summed E-state index contributed by atoms with van der Waals surface area (Å²) in [5, 5.41) is 4.04. The van der Waals surface area contributed by atoms with Crippen molar-refractivity contribution in [3.05, 3.63) is 34.6 Å². The first kappa shape index (κ1) is 13.8. The minimum absolute atomic E-state index is 0.281. The highest BCUT2D eigenvalue weighted by molar-refractivity contribution is 6.31. The van der Waals surface area contributed by atoms with Gasteiger partial charge in [-0.15, -0.1) is 0 Å². The van der Waals surface area contributed by atoms with Crippen LogP contribution in [0.5, 0.6) is 0 Å². The molecule has 0 spiro atoms. The Hall–Kier alpha value is -0.640. The van der Waals surface area contributed by atoms with Gasteiger partial charge < -0.3 is 10.2 Å². The van der Waals surface area contributed by atoms with Crippen molar-refractivity contribution in [3.8, 4) is 0 Å². The first-order valence-electron chi connectivity index (χ1n) is 6.42. The summed E-state index contributed by atoms with van der Waals surface area (Å²) >= 11 is 6.02. The maximum absolute atomic E-state index is 12.9.